The second-order valence-electron chi connectivity index (χ2n) is 3.97. The minimum Gasteiger partial charge on any atom is -0.171 e. The molecule has 1 rings (SSSR count). The van der Waals surface area contributed by atoms with Gasteiger partial charge in [-0.3, -0.25) is 0 Å². The summed E-state index contributed by atoms with van der Waals surface area (Å²) in [7, 11) is 0. The van der Waals surface area contributed by atoms with Crippen LogP contribution in [0.15, 0.2) is 0 Å². The van der Waals surface area contributed by atoms with Crippen LogP contribution in [-0.2, 0) is 0 Å². The maximum atomic E-state index is 12.9. The fourth-order valence-electron chi connectivity index (χ4n) is 2.20. The Morgan fingerprint density at radius 3 is 1.44 bits per heavy atom. The van der Waals surface area contributed by atoms with Crippen molar-refractivity contribution in [1.82, 2.24) is 0 Å². The Kier molecular flexibility index (Phi) is 3.21. The zero-order chi connectivity index (χ0) is 13.2. The summed E-state index contributed by atoms with van der Waals surface area (Å²) in [6.07, 6.45) is -9.80. The fourth-order valence-corrected chi connectivity index (χ4v) is 4.52. The van der Waals surface area contributed by atoms with E-state index in [1.807, 2.05) is 0 Å². The van der Waals surface area contributed by atoms with Gasteiger partial charge in [-0.15, -0.1) is 0 Å². The lowest BCUT2D eigenvalue weighted by molar-refractivity contribution is -0.265. The monoisotopic (exact) mass is 376 g/mol. The van der Waals surface area contributed by atoms with Crippen LogP contribution in [0.3, 0.4) is 0 Å². The molecule has 16 heavy (non-hydrogen) atoms. The van der Waals surface area contributed by atoms with Gasteiger partial charge in [0.1, 0.15) is 5.41 Å². The number of rotatable bonds is 1. The summed E-state index contributed by atoms with van der Waals surface area (Å²) in [5, 5.41) is 0. The Morgan fingerprint density at radius 1 is 1.06 bits per heavy atom. The van der Waals surface area contributed by atoms with Gasteiger partial charge in [0, 0.05) is 0 Å². The Labute approximate surface area is 105 Å². The maximum Gasteiger partial charge on any atom is 0.397 e. The first-order valence-electron chi connectivity index (χ1n) is 4.32. The standard InChI is InChI=1S/C8H8Br2F6/c1-3-5(6(3,9)10,8(14,15)16)4(2)7(11,12)13/h3-4H,1-2H3. The van der Waals surface area contributed by atoms with Crippen LogP contribution in [0.1, 0.15) is 13.8 Å². The lowest BCUT2D eigenvalue weighted by Gasteiger charge is -2.30. The average molecular weight is 378 g/mol. The summed E-state index contributed by atoms with van der Waals surface area (Å²) in [5.74, 6) is -3.65. The lowest BCUT2D eigenvalue weighted by Crippen LogP contribution is -2.42. The van der Waals surface area contributed by atoms with E-state index < -0.39 is 32.8 Å². The molecule has 1 saturated carbocycles. The molecular formula is C8H8Br2F6. The number of halogens is 8. The molecule has 1 fully saturated rings. The largest absolute Gasteiger partial charge is 0.397 e. The van der Waals surface area contributed by atoms with E-state index in [2.05, 4.69) is 31.9 Å². The zero-order valence-electron chi connectivity index (χ0n) is 8.18. The summed E-state index contributed by atoms with van der Waals surface area (Å²) in [4.78, 5) is 0. The van der Waals surface area contributed by atoms with Gasteiger partial charge in [-0.2, -0.15) is 26.3 Å². The number of alkyl halides is 8. The van der Waals surface area contributed by atoms with E-state index in [4.69, 9.17) is 0 Å². The van der Waals surface area contributed by atoms with Crippen LogP contribution in [-0.4, -0.2) is 15.6 Å². The quantitative estimate of drug-likeness (QED) is 0.451. The molecule has 8 heteroatoms. The van der Waals surface area contributed by atoms with Crippen molar-refractivity contribution in [2.24, 2.45) is 17.3 Å². The second kappa shape index (κ2) is 3.52. The third kappa shape index (κ3) is 1.62. The van der Waals surface area contributed by atoms with Crippen LogP contribution >= 0.6 is 31.9 Å². The Morgan fingerprint density at radius 2 is 1.38 bits per heavy atom. The summed E-state index contributed by atoms with van der Waals surface area (Å²) >= 11 is 5.40. The molecule has 0 bridgehead atoms. The summed E-state index contributed by atoms with van der Waals surface area (Å²) < 4.78 is 74.3. The predicted octanol–water partition coefficient (Wildman–Crippen LogP) is 4.87. The first-order valence-corrected chi connectivity index (χ1v) is 5.91. The van der Waals surface area contributed by atoms with Crippen LogP contribution in [0, 0.1) is 17.3 Å². The molecular weight excluding hydrogens is 370 g/mol. The second-order valence-corrected chi connectivity index (χ2v) is 7.54. The van der Waals surface area contributed by atoms with E-state index in [0.29, 0.717) is 6.92 Å². The normalized spacial score (nSPS) is 36.0. The van der Waals surface area contributed by atoms with Gasteiger partial charge in [0.25, 0.3) is 0 Å². The highest BCUT2D eigenvalue weighted by Gasteiger charge is 2.88. The minimum absolute atomic E-state index is 0.564. The van der Waals surface area contributed by atoms with Crippen LogP contribution < -0.4 is 0 Å². The summed E-state index contributed by atoms with van der Waals surface area (Å²) in [6, 6.07) is 0. The molecule has 0 radical (unpaired) electrons. The zero-order valence-corrected chi connectivity index (χ0v) is 11.4. The molecule has 0 aromatic carbocycles. The summed E-state index contributed by atoms with van der Waals surface area (Å²) in [5.41, 5.74) is -2.81. The molecule has 0 aromatic heterocycles. The van der Waals surface area contributed by atoms with E-state index in [-0.39, 0.29) is 0 Å². The van der Waals surface area contributed by atoms with Crippen molar-refractivity contribution < 1.29 is 26.3 Å². The average Bonchev–Trinajstić information content (AvgIpc) is 2.43. The molecule has 0 amide bonds. The molecule has 1 aliphatic carbocycles. The minimum atomic E-state index is -4.92. The van der Waals surface area contributed by atoms with Gasteiger partial charge in [0.15, 0.2) is 0 Å². The predicted molar refractivity (Wildman–Crippen MR) is 53.5 cm³/mol. The van der Waals surface area contributed by atoms with Crippen molar-refractivity contribution in [2.45, 2.75) is 29.4 Å². The summed E-state index contributed by atoms with van der Waals surface area (Å²) in [6.45, 7) is 1.70. The highest BCUT2D eigenvalue weighted by molar-refractivity contribution is 9.25. The molecule has 0 aromatic rings. The molecule has 1 aliphatic rings. The van der Waals surface area contributed by atoms with Gasteiger partial charge in [-0.25, -0.2) is 0 Å². The highest BCUT2D eigenvalue weighted by Crippen LogP contribution is 2.81. The molecule has 0 nitrogen and oxygen atoms in total. The van der Waals surface area contributed by atoms with Crippen molar-refractivity contribution in [3.8, 4) is 0 Å². The molecule has 3 unspecified atom stereocenters. The molecule has 96 valence electrons. The SMILES string of the molecule is CC(C(F)(F)F)C1(C(F)(F)F)C(C)C1(Br)Br. The number of hydrogen-bond acceptors (Lipinski definition) is 0. The van der Waals surface area contributed by atoms with Gasteiger partial charge in [0.05, 0.1) is 9.15 Å². The van der Waals surface area contributed by atoms with E-state index in [1.165, 1.54) is 0 Å². The maximum absolute atomic E-state index is 12.9. The molecule has 0 heterocycles. The van der Waals surface area contributed by atoms with Crippen molar-refractivity contribution in [3.63, 3.8) is 0 Å². The first kappa shape index (κ1) is 14.6. The third-order valence-corrected chi connectivity index (χ3v) is 6.02. The van der Waals surface area contributed by atoms with Crippen LogP contribution in [0.4, 0.5) is 26.3 Å². The van der Waals surface area contributed by atoms with Gasteiger partial charge in [0.2, 0.25) is 0 Å². The first-order chi connectivity index (χ1) is 6.81. The molecule has 0 aliphatic heterocycles. The van der Waals surface area contributed by atoms with Gasteiger partial charge in [-0.1, -0.05) is 45.7 Å². The van der Waals surface area contributed by atoms with Crippen LogP contribution in [0.5, 0.6) is 0 Å². The van der Waals surface area contributed by atoms with Crippen LogP contribution in [0.2, 0.25) is 0 Å². The smallest absolute Gasteiger partial charge is 0.171 e. The van der Waals surface area contributed by atoms with Crippen molar-refractivity contribution >= 4 is 31.9 Å². The third-order valence-electron chi connectivity index (χ3n) is 3.34. The van der Waals surface area contributed by atoms with Crippen LogP contribution in [0.25, 0.3) is 0 Å². The highest BCUT2D eigenvalue weighted by atomic mass is 79.9. The Balaban J connectivity index is 3.23. The Hall–Kier alpha value is 0.540. The van der Waals surface area contributed by atoms with Crippen molar-refractivity contribution in [3.05, 3.63) is 0 Å². The van der Waals surface area contributed by atoms with Crippen molar-refractivity contribution in [2.75, 3.05) is 0 Å². The van der Waals surface area contributed by atoms with Gasteiger partial charge >= 0.3 is 12.4 Å². The molecule has 0 N–H and O–H groups in total. The van der Waals surface area contributed by atoms with E-state index in [0.717, 1.165) is 6.92 Å². The molecule has 0 saturated heterocycles. The van der Waals surface area contributed by atoms with E-state index in [1.54, 1.807) is 0 Å². The van der Waals surface area contributed by atoms with E-state index >= 15 is 0 Å². The van der Waals surface area contributed by atoms with Gasteiger partial charge < -0.3 is 0 Å². The number of hydrogen-bond donors (Lipinski definition) is 0. The fraction of sp³-hybridized carbons (Fsp3) is 1.00. The Bertz CT molecular complexity index is 282. The topological polar surface area (TPSA) is 0 Å². The molecule has 0 spiro atoms. The van der Waals surface area contributed by atoms with Gasteiger partial charge in [-0.05, 0) is 5.92 Å². The lowest BCUT2D eigenvalue weighted by atomic mass is 9.87. The molecule has 3 atom stereocenters. The van der Waals surface area contributed by atoms with Crippen molar-refractivity contribution in [1.29, 1.82) is 0 Å². The van der Waals surface area contributed by atoms with E-state index in [9.17, 15) is 26.3 Å².